The molecule has 0 radical (unpaired) electrons. The predicted molar refractivity (Wildman–Crippen MR) is 110 cm³/mol. The average Bonchev–Trinajstić information content (AvgIpc) is 2.69. The van der Waals surface area contributed by atoms with Crippen molar-refractivity contribution in [2.24, 2.45) is 0 Å². The van der Waals surface area contributed by atoms with Crippen molar-refractivity contribution in [2.75, 3.05) is 32.1 Å². The molecule has 2 aromatic rings. The molecule has 28 heavy (non-hydrogen) atoms. The number of anilines is 1. The molecule has 1 N–H and O–H groups in total. The van der Waals surface area contributed by atoms with E-state index < -0.39 is 0 Å². The van der Waals surface area contributed by atoms with Crippen molar-refractivity contribution >= 4 is 17.4 Å². The molecule has 0 aliphatic carbocycles. The van der Waals surface area contributed by atoms with Crippen LogP contribution in [0.25, 0.3) is 0 Å². The summed E-state index contributed by atoms with van der Waals surface area (Å²) in [5, 5.41) is 2.87. The van der Waals surface area contributed by atoms with Crippen molar-refractivity contribution in [1.82, 2.24) is 4.90 Å². The first-order valence-electron chi connectivity index (χ1n) is 9.39. The summed E-state index contributed by atoms with van der Waals surface area (Å²) in [5.41, 5.74) is 2.34. The minimum atomic E-state index is -0.102. The van der Waals surface area contributed by atoms with E-state index in [2.05, 4.69) is 5.32 Å². The van der Waals surface area contributed by atoms with Crippen molar-refractivity contribution in [1.29, 1.82) is 0 Å². The second-order valence-corrected chi connectivity index (χ2v) is 6.40. The average molecular weight is 384 g/mol. The fourth-order valence-corrected chi connectivity index (χ4v) is 2.81. The zero-order valence-electron chi connectivity index (χ0n) is 17.0. The summed E-state index contributed by atoms with van der Waals surface area (Å²) in [4.78, 5) is 25.8. The fraction of sp³-hybridized carbons (Fsp3) is 0.364. The molecule has 0 atom stereocenters. The first-order chi connectivity index (χ1) is 13.5. The first kappa shape index (κ1) is 21.4. The van der Waals surface area contributed by atoms with Gasteiger partial charge in [-0.25, -0.2) is 0 Å². The van der Waals surface area contributed by atoms with Crippen LogP contribution in [0.1, 0.15) is 36.7 Å². The molecule has 0 bridgehead atoms. The molecule has 2 rings (SSSR count). The highest BCUT2D eigenvalue weighted by Crippen LogP contribution is 2.28. The van der Waals surface area contributed by atoms with Crippen LogP contribution < -0.4 is 14.8 Å². The Kier molecular flexibility index (Phi) is 8.02. The first-order valence-corrected chi connectivity index (χ1v) is 9.39. The molecule has 0 aliphatic rings. The number of rotatable bonds is 10. The topological polar surface area (TPSA) is 67.9 Å². The van der Waals surface area contributed by atoms with E-state index in [1.807, 2.05) is 36.9 Å². The van der Waals surface area contributed by atoms with Gasteiger partial charge in [0.05, 0.1) is 20.3 Å². The van der Waals surface area contributed by atoms with Gasteiger partial charge in [-0.15, -0.1) is 0 Å². The van der Waals surface area contributed by atoms with Crippen LogP contribution >= 0.6 is 0 Å². The van der Waals surface area contributed by atoms with Crippen LogP contribution in [0.15, 0.2) is 42.5 Å². The Bertz CT molecular complexity index is 803. The molecule has 6 heteroatoms. The Morgan fingerprint density at radius 1 is 1.04 bits per heavy atom. The Hall–Kier alpha value is -2.86. The van der Waals surface area contributed by atoms with Crippen LogP contribution in [-0.4, -0.2) is 43.4 Å². The summed E-state index contributed by atoms with van der Waals surface area (Å²) in [6.07, 6.45) is 0. The number of hydrogen-bond donors (Lipinski definition) is 1. The monoisotopic (exact) mass is 384 g/mol. The Balaban J connectivity index is 1.97. The number of nitrogens with zero attached hydrogens (tertiary/aromatic N) is 1. The molecule has 0 heterocycles. The number of ketones is 1. The van der Waals surface area contributed by atoms with Crippen molar-refractivity contribution in [3.8, 4) is 11.5 Å². The van der Waals surface area contributed by atoms with E-state index in [1.165, 1.54) is 6.92 Å². The largest absolute Gasteiger partial charge is 0.493 e. The van der Waals surface area contributed by atoms with Gasteiger partial charge in [-0.1, -0.05) is 13.0 Å². The normalized spacial score (nSPS) is 10.6. The standard InChI is InChI=1S/C22H28N2O4/c1-5-24(14-17-7-12-20(28-6-2)21(13-17)27-4)15-22(26)23-19-10-8-18(9-11-19)16(3)25/h7-13H,5-6,14-15H2,1-4H3,(H,23,26). The number of nitrogens with one attached hydrogen (secondary N) is 1. The third kappa shape index (κ3) is 6.09. The summed E-state index contributed by atoms with van der Waals surface area (Å²) in [6, 6.07) is 12.7. The van der Waals surface area contributed by atoms with Crippen LogP contribution in [0.4, 0.5) is 5.69 Å². The van der Waals surface area contributed by atoms with Gasteiger partial charge in [-0.2, -0.15) is 0 Å². The number of Topliss-reactive ketones (excluding diaryl/α,β-unsaturated/α-hetero) is 1. The lowest BCUT2D eigenvalue weighted by atomic mass is 10.1. The second kappa shape index (κ2) is 10.5. The van der Waals surface area contributed by atoms with Crippen LogP contribution in [0.2, 0.25) is 0 Å². The third-order valence-electron chi connectivity index (χ3n) is 4.32. The van der Waals surface area contributed by atoms with E-state index in [0.29, 0.717) is 35.9 Å². The van der Waals surface area contributed by atoms with Gasteiger partial charge >= 0.3 is 0 Å². The molecule has 1 amide bonds. The molecule has 0 saturated heterocycles. The maximum atomic E-state index is 12.4. The van der Waals surface area contributed by atoms with Gasteiger partial charge in [0.15, 0.2) is 17.3 Å². The van der Waals surface area contributed by atoms with Crippen LogP contribution in [0, 0.1) is 0 Å². The van der Waals surface area contributed by atoms with E-state index in [1.54, 1.807) is 31.4 Å². The van der Waals surface area contributed by atoms with E-state index >= 15 is 0 Å². The van der Waals surface area contributed by atoms with Gasteiger partial charge in [0.1, 0.15) is 0 Å². The molecule has 0 saturated carbocycles. The zero-order valence-corrected chi connectivity index (χ0v) is 17.0. The summed E-state index contributed by atoms with van der Waals surface area (Å²) in [7, 11) is 1.62. The van der Waals surface area contributed by atoms with Crippen molar-refractivity contribution in [3.63, 3.8) is 0 Å². The highest BCUT2D eigenvalue weighted by Gasteiger charge is 2.12. The Morgan fingerprint density at radius 3 is 2.32 bits per heavy atom. The van der Waals surface area contributed by atoms with Crippen molar-refractivity contribution < 1.29 is 19.1 Å². The smallest absolute Gasteiger partial charge is 0.238 e. The van der Waals surface area contributed by atoms with E-state index in [0.717, 1.165) is 12.1 Å². The number of hydrogen-bond acceptors (Lipinski definition) is 5. The van der Waals surface area contributed by atoms with Crippen LogP contribution in [0.3, 0.4) is 0 Å². The summed E-state index contributed by atoms with van der Waals surface area (Å²) in [6.45, 7) is 7.65. The minimum absolute atomic E-state index is 0.000757. The van der Waals surface area contributed by atoms with Gasteiger partial charge in [0.25, 0.3) is 0 Å². The summed E-state index contributed by atoms with van der Waals surface area (Å²) in [5.74, 6) is 1.30. The number of amides is 1. The number of benzene rings is 2. The lowest BCUT2D eigenvalue weighted by Gasteiger charge is -2.21. The number of methoxy groups -OCH3 is 1. The lowest BCUT2D eigenvalue weighted by molar-refractivity contribution is -0.117. The van der Waals surface area contributed by atoms with Crippen LogP contribution in [0.5, 0.6) is 11.5 Å². The highest BCUT2D eigenvalue weighted by molar-refractivity contribution is 5.96. The maximum absolute atomic E-state index is 12.4. The molecular formula is C22H28N2O4. The Labute approximate surface area is 166 Å². The molecule has 0 spiro atoms. The predicted octanol–water partition coefficient (Wildman–Crippen LogP) is 3.76. The van der Waals surface area contributed by atoms with Crippen LogP contribution in [-0.2, 0) is 11.3 Å². The molecule has 2 aromatic carbocycles. The van der Waals surface area contributed by atoms with Gasteiger partial charge in [-0.3, -0.25) is 14.5 Å². The molecule has 6 nitrogen and oxygen atoms in total. The van der Waals surface area contributed by atoms with E-state index in [-0.39, 0.29) is 18.2 Å². The summed E-state index contributed by atoms with van der Waals surface area (Å²) >= 11 is 0. The molecule has 0 fully saturated rings. The van der Waals surface area contributed by atoms with Gasteiger partial charge < -0.3 is 14.8 Å². The number of likely N-dealkylation sites (N-methyl/N-ethyl adjacent to an activating group) is 1. The molecule has 0 aliphatic heterocycles. The van der Waals surface area contributed by atoms with E-state index in [9.17, 15) is 9.59 Å². The zero-order chi connectivity index (χ0) is 20.5. The minimum Gasteiger partial charge on any atom is -0.493 e. The molecule has 0 aromatic heterocycles. The lowest BCUT2D eigenvalue weighted by Crippen LogP contribution is -2.32. The molecule has 150 valence electrons. The third-order valence-corrected chi connectivity index (χ3v) is 4.32. The Morgan fingerprint density at radius 2 is 1.75 bits per heavy atom. The summed E-state index contributed by atoms with van der Waals surface area (Å²) < 4.78 is 10.9. The quantitative estimate of drug-likeness (QED) is 0.632. The molecule has 0 unspecified atom stereocenters. The van der Waals surface area contributed by atoms with E-state index in [4.69, 9.17) is 9.47 Å². The number of ether oxygens (including phenoxy) is 2. The fourth-order valence-electron chi connectivity index (χ4n) is 2.81. The van der Waals surface area contributed by atoms with Crippen molar-refractivity contribution in [2.45, 2.75) is 27.3 Å². The van der Waals surface area contributed by atoms with Gasteiger partial charge in [0, 0.05) is 17.8 Å². The highest BCUT2D eigenvalue weighted by atomic mass is 16.5. The second-order valence-electron chi connectivity index (χ2n) is 6.40. The maximum Gasteiger partial charge on any atom is 0.238 e. The number of carbonyl (C=O) groups is 2. The molecular weight excluding hydrogens is 356 g/mol. The number of carbonyl (C=O) groups excluding carboxylic acids is 2. The van der Waals surface area contributed by atoms with Gasteiger partial charge in [-0.05, 0) is 62.4 Å². The van der Waals surface area contributed by atoms with Gasteiger partial charge in [0.2, 0.25) is 5.91 Å². The van der Waals surface area contributed by atoms with Crippen molar-refractivity contribution in [3.05, 3.63) is 53.6 Å². The SMILES string of the molecule is CCOc1ccc(CN(CC)CC(=O)Nc2ccc(C(C)=O)cc2)cc1OC.